The molecule has 0 aliphatic rings. The molecular formula is C52H81ClF2MgO6P4S2+2. The van der Waals surface area contributed by atoms with Crippen molar-refractivity contribution < 1.29 is 48.5 Å². The summed E-state index contributed by atoms with van der Waals surface area (Å²) in [5.41, 5.74) is 3.05. The largest absolute Gasteiger partial charge is 2.00 e. The molecule has 1 atom stereocenters. The zero-order valence-corrected chi connectivity index (χ0v) is 50.4. The van der Waals surface area contributed by atoms with Crippen LogP contribution >= 0.6 is 53.0 Å². The summed E-state index contributed by atoms with van der Waals surface area (Å²) in [6, 6.07) is 20.8. The van der Waals surface area contributed by atoms with E-state index in [1.165, 1.54) is 48.3 Å². The molecule has 16 heteroatoms. The van der Waals surface area contributed by atoms with Gasteiger partial charge in [-0.2, -0.15) is 6.42 Å². The first kappa shape index (κ1) is 69.2. The molecule has 5 aromatic rings. The molecule has 0 aliphatic carbocycles. The smallest absolute Gasteiger partial charge is 1.00 e. The second kappa shape index (κ2) is 38.7. The second-order valence-electron chi connectivity index (χ2n) is 16.3. The molecule has 0 saturated carbocycles. The summed E-state index contributed by atoms with van der Waals surface area (Å²) in [4.78, 5) is 2.47. The Labute approximate surface area is 442 Å². The number of hydrogen-bond acceptors (Lipinski definition) is 8. The number of rotatable bonds is 22. The maximum Gasteiger partial charge on any atom is 2.00 e. The van der Waals surface area contributed by atoms with Gasteiger partial charge in [0.1, 0.15) is 25.5 Å². The SMILES string of the molecule is CCCP(=O)(CCC)C(Cc1ccc(F)c(F)c1)c1sc2ccccc2c1C.CCCP(=O)(CCC)Cc1sc2ccccc2c1C.CCC[P+](=O)CCC.CCO[P+](=O)OCC.[CH2-]CC.[Cl-].[Mg+2]. The van der Waals surface area contributed by atoms with Crippen molar-refractivity contribution in [3.8, 4) is 0 Å². The molecule has 2 aromatic heterocycles. The maximum atomic E-state index is 14.1. The molecule has 0 N–H and O–H groups in total. The second-order valence-corrected chi connectivity index (χ2v) is 28.0. The Kier molecular flexibility index (Phi) is 39.3. The van der Waals surface area contributed by atoms with E-state index in [9.17, 15) is 27.0 Å². The van der Waals surface area contributed by atoms with Crippen molar-refractivity contribution in [2.75, 3.05) is 50.2 Å². The fourth-order valence-electron chi connectivity index (χ4n) is 7.64. The first-order valence-corrected chi connectivity index (χ1v) is 32.8. The Hall–Kier alpha value is -0.924. The average Bonchev–Trinajstić information content (AvgIpc) is 3.77. The average molecular weight is 1090 g/mol. The summed E-state index contributed by atoms with van der Waals surface area (Å²) in [5.74, 6) is -1.69. The zero-order chi connectivity index (χ0) is 49.7. The van der Waals surface area contributed by atoms with E-state index in [-0.39, 0.29) is 41.1 Å². The maximum absolute atomic E-state index is 14.1. The van der Waals surface area contributed by atoms with Crippen LogP contribution in [0.4, 0.5) is 8.78 Å². The molecule has 2 heterocycles. The van der Waals surface area contributed by atoms with Crippen LogP contribution in [0.25, 0.3) is 20.2 Å². The van der Waals surface area contributed by atoms with Crippen LogP contribution in [-0.4, -0.2) is 73.2 Å². The van der Waals surface area contributed by atoms with E-state index in [4.69, 9.17) is 0 Å². The van der Waals surface area contributed by atoms with Crippen LogP contribution in [0.5, 0.6) is 0 Å². The van der Waals surface area contributed by atoms with Gasteiger partial charge in [0, 0.05) is 54.5 Å². The molecule has 0 spiro atoms. The quantitative estimate of drug-likeness (QED) is 0.0390. The van der Waals surface area contributed by atoms with Gasteiger partial charge in [0.2, 0.25) is 0 Å². The minimum atomic E-state index is -2.53. The molecule has 0 aliphatic heterocycles. The number of fused-ring (bicyclic) bond motifs is 2. The van der Waals surface area contributed by atoms with Gasteiger partial charge in [-0.15, -0.1) is 31.7 Å². The molecule has 0 bridgehead atoms. The number of thiophene rings is 2. The van der Waals surface area contributed by atoms with E-state index in [1.54, 1.807) is 31.3 Å². The van der Waals surface area contributed by atoms with Crippen molar-refractivity contribution in [1.82, 2.24) is 0 Å². The zero-order valence-electron chi connectivity index (χ0n) is 43.1. The monoisotopic (exact) mass is 1090 g/mol. The standard InChI is InChI=1S/C23H27F2OPS.C16H23OPS.C6H14OP.C4H10O3P.C3H7.ClH.Mg/c1-4-12-27(26,13-5-2)21(15-17-10-11-19(24)20(25)14-17)23-16(3)18-8-6-7-9-22(18)28-23;1-4-10-18(17,11-5-2)12-16-13(3)14-8-6-7-9-15(14)19-16;1-3-5-8(7)6-4-2;1-3-6-8(5)7-4-2;1-3-2;;/h6-11,14,21H,4-5,12-13,15H2,1-3H3;6-9H,4-5,10-12H2,1-3H3;3-6H2,1-2H3;3-4H2,1-2H3;1,3H2,2H3;1H;/q;;2*+1;-1;;+2/p-1. The first-order chi connectivity index (χ1) is 31.5. The van der Waals surface area contributed by atoms with Crippen LogP contribution < -0.4 is 12.4 Å². The summed E-state index contributed by atoms with van der Waals surface area (Å²) in [7, 11) is -7.21. The normalized spacial score (nSPS) is 11.3. The Balaban J connectivity index is 0. The van der Waals surface area contributed by atoms with Crippen molar-refractivity contribution >= 4 is 96.2 Å². The Morgan fingerprint density at radius 3 is 1.51 bits per heavy atom. The summed E-state index contributed by atoms with van der Waals surface area (Å²) in [6.45, 7) is 26.7. The third kappa shape index (κ3) is 24.2. The van der Waals surface area contributed by atoms with E-state index in [0.717, 1.165) is 80.6 Å². The topological polar surface area (TPSA) is 86.7 Å². The van der Waals surface area contributed by atoms with E-state index in [0.29, 0.717) is 37.5 Å². The van der Waals surface area contributed by atoms with Crippen LogP contribution in [0.15, 0.2) is 66.7 Å². The fourth-order valence-corrected chi connectivity index (χ4v) is 19.7. The van der Waals surface area contributed by atoms with Gasteiger partial charge in [-0.25, -0.2) is 8.78 Å². The van der Waals surface area contributed by atoms with E-state index < -0.39 is 42.0 Å². The molecule has 0 radical (unpaired) electrons. The Morgan fingerprint density at radius 1 is 0.647 bits per heavy atom. The van der Waals surface area contributed by atoms with Gasteiger partial charge < -0.3 is 28.5 Å². The van der Waals surface area contributed by atoms with Crippen molar-refractivity contribution in [3.05, 3.63) is 112 Å². The van der Waals surface area contributed by atoms with E-state index in [1.807, 2.05) is 30.4 Å². The Bertz CT molecular complexity index is 2220. The number of hydrogen-bond donors (Lipinski definition) is 0. The molecule has 0 amide bonds. The van der Waals surface area contributed by atoms with Crippen LogP contribution in [-0.2, 0) is 39.9 Å². The number of aryl methyl sites for hydroxylation is 2. The molecule has 6 nitrogen and oxygen atoms in total. The molecule has 0 saturated heterocycles. The third-order valence-electron chi connectivity index (χ3n) is 10.4. The van der Waals surface area contributed by atoms with Crippen molar-refractivity contribution in [1.29, 1.82) is 0 Å². The van der Waals surface area contributed by atoms with Crippen LogP contribution in [0.2, 0.25) is 0 Å². The van der Waals surface area contributed by atoms with Gasteiger partial charge in [0.25, 0.3) is 0 Å². The van der Waals surface area contributed by atoms with E-state index >= 15 is 0 Å². The molecule has 68 heavy (non-hydrogen) atoms. The predicted octanol–water partition coefficient (Wildman–Crippen LogP) is 16.1. The molecule has 1 unspecified atom stereocenters. The third-order valence-corrected chi connectivity index (χ3v) is 23.7. The van der Waals surface area contributed by atoms with Gasteiger partial charge in [-0.05, 0) is 124 Å². The molecule has 378 valence electrons. The summed E-state index contributed by atoms with van der Waals surface area (Å²) in [6.07, 6.45) is 13.2. The van der Waals surface area contributed by atoms with Crippen LogP contribution in [0.3, 0.4) is 0 Å². The van der Waals surface area contributed by atoms with Gasteiger partial charge in [-0.3, -0.25) is 0 Å². The van der Waals surface area contributed by atoms with E-state index in [2.05, 4.69) is 108 Å². The summed E-state index contributed by atoms with van der Waals surface area (Å²) in [5, 5.41) is 2.53. The minimum absolute atomic E-state index is 0. The molecule has 5 rings (SSSR count). The number of halogens is 3. The summed E-state index contributed by atoms with van der Waals surface area (Å²) < 4.78 is 87.2. The van der Waals surface area contributed by atoms with Crippen LogP contribution in [0.1, 0.15) is 139 Å². The molecule has 3 aromatic carbocycles. The van der Waals surface area contributed by atoms with Crippen molar-refractivity contribution in [2.45, 2.75) is 139 Å². The molecular weight excluding hydrogens is 1010 g/mol. The van der Waals surface area contributed by atoms with Crippen LogP contribution in [0, 0.1) is 32.4 Å². The Morgan fingerprint density at radius 2 is 1.10 bits per heavy atom. The summed E-state index contributed by atoms with van der Waals surface area (Å²) >= 11 is 3.53. The van der Waals surface area contributed by atoms with Gasteiger partial charge in [-0.1, -0.05) is 95.5 Å². The fraction of sp³-hybridized carbons (Fsp3) is 0.558. The minimum Gasteiger partial charge on any atom is -1.00 e. The van der Waals surface area contributed by atoms with Crippen molar-refractivity contribution in [3.63, 3.8) is 0 Å². The van der Waals surface area contributed by atoms with Crippen molar-refractivity contribution in [2.24, 2.45) is 0 Å². The number of benzene rings is 3. The predicted molar refractivity (Wildman–Crippen MR) is 296 cm³/mol. The first-order valence-electron chi connectivity index (χ1n) is 24.0. The molecule has 0 fully saturated rings. The van der Waals surface area contributed by atoms with Gasteiger partial charge in [0.15, 0.2) is 11.6 Å². The van der Waals surface area contributed by atoms with Gasteiger partial charge in [0.05, 0.1) is 19.9 Å². The van der Waals surface area contributed by atoms with Gasteiger partial charge >= 0.3 is 39.1 Å².